The van der Waals surface area contributed by atoms with Crippen molar-refractivity contribution in [2.45, 2.75) is 64.8 Å². The molecule has 0 aromatic heterocycles. The fourth-order valence-corrected chi connectivity index (χ4v) is 3.34. The first-order valence-electron chi connectivity index (χ1n) is 8.20. The molecule has 1 saturated carbocycles. The van der Waals surface area contributed by atoms with Crippen molar-refractivity contribution in [3.63, 3.8) is 0 Å². The third-order valence-corrected chi connectivity index (χ3v) is 4.59. The molecule has 0 amide bonds. The van der Waals surface area contributed by atoms with Crippen molar-refractivity contribution < 1.29 is 4.39 Å². The summed E-state index contributed by atoms with van der Waals surface area (Å²) >= 11 is 0. The van der Waals surface area contributed by atoms with Crippen LogP contribution < -0.4 is 5.32 Å². The zero-order chi connectivity index (χ0) is 14.4. The molecule has 0 spiro atoms. The Bertz CT molecular complexity index is 408. The number of halogens is 1. The summed E-state index contributed by atoms with van der Waals surface area (Å²) in [6, 6.07) is 6.02. The summed E-state index contributed by atoms with van der Waals surface area (Å²) in [6.07, 6.45) is 9.35. The van der Waals surface area contributed by atoms with E-state index in [1.807, 2.05) is 13.0 Å². The van der Waals surface area contributed by atoms with Gasteiger partial charge >= 0.3 is 0 Å². The monoisotopic (exact) mass is 277 g/mol. The van der Waals surface area contributed by atoms with Gasteiger partial charge in [-0.2, -0.15) is 0 Å². The van der Waals surface area contributed by atoms with Crippen LogP contribution >= 0.6 is 0 Å². The molecule has 112 valence electrons. The minimum atomic E-state index is -0.0775. The van der Waals surface area contributed by atoms with Crippen molar-refractivity contribution in [3.8, 4) is 0 Å². The number of nitrogens with one attached hydrogen (secondary N) is 1. The molecule has 0 bridgehead atoms. The predicted octanol–water partition coefficient (Wildman–Crippen LogP) is 5.15. The van der Waals surface area contributed by atoms with Gasteiger partial charge < -0.3 is 5.32 Å². The van der Waals surface area contributed by atoms with Crippen LogP contribution in [0.25, 0.3) is 0 Å². The summed E-state index contributed by atoms with van der Waals surface area (Å²) in [5.41, 5.74) is 1.85. The van der Waals surface area contributed by atoms with Gasteiger partial charge in [-0.25, -0.2) is 4.39 Å². The van der Waals surface area contributed by atoms with Gasteiger partial charge in [0.2, 0.25) is 0 Å². The van der Waals surface area contributed by atoms with E-state index in [0.29, 0.717) is 6.04 Å². The Balaban J connectivity index is 2.06. The summed E-state index contributed by atoms with van der Waals surface area (Å²) in [5.74, 6) is 0.720. The zero-order valence-corrected chi connectivity index (χ0v) is 12.9. The van der Waals surface area contributed by atoms with Crippen LogP contribution in [-0.4, -0.2) is 6.54 Å². The lowest BCUT2D eigenvalue weighted by molar-refractivity contribution is 0.359. The Hall–Kier alpha value is -0.890. The first-order valence-corrected chi connectivity index (χ1v) is 8.20. The second-order valence-corrected chi connectivity index (χ2v) is 6.21. The molecule has 1 unspecified atom stereocenters. The highest BCUT2D eigenvalue weighted by Crippen LogP contribution is 2.31. The van der Waals surface area contributed by atoms with Gasteiger partial charge in [0.15, 0.2) is 0 Å². The van der Waals surface area contributed by atoms with Crippen LogP contribution in [0.15, 0.2) is 18.2 Å². The molecule has 20 heavy (non-hydrogen) atoms. The van der Waals surface area contributed by atoms with Crippen LogP contribution in [0.4, 0.5) is 4.39 Å². The predicted molar refractivity (Wildman–Crippen MR) is 83.4 cm³/mol. The molecule has 1 aliphatic rings. The van der Waals surface area contributed by atoms with E-state index in [-0.39, 0.29) is 5.82 Å². The van der Waals surface area contributed by atoms with Crippen LogP contribution in [0.1, 0.15) is 69.0 Å². The molecule has 0 radical (unpaired) electrons. The van der Waals surface area contributed by atoms with Gasteiger partial charge in [-0.3, -0.25) is 0 Å². The van der Waals surface area contributed by atoms with E-state index in [4.69, 9.17) is 0 Å². The third kappa shape index (κ3) is 4.31. The molecule has 2 heteroatoms. The lowest BCUT2D eigenvalue weighted by Gasteiger charge is -2.24. The normalized spacial score (nSPS) is 18.8. The molecular formula is C18H28FN. The number of benzene rings is 1. The Kier molecular flexibility index (Phi) is 6.03. The number of aryl methyl sites for hydroxylation is 1. The third-order valence-electron chi connectivity index (χ3n) is 4.59. The highest BCUT2D eigenvalue weighted by molar-refractivity contribution is 5.26. The number of hydrogen-bond acceptors (Lipinski definition) is 1. The molecule has 1 nitrogen and oxygen atoms in total. The largest absolute Gasteiger partial charge is 0.310 e. The summed E-state index contributed by atoms with van der Waals surface area (Å²) in [6.45, 7) is 4.89. The molecule has 1 N–H and O–H groups in total. The van der Waals surface area contributed by atoms with Crippen molar-refractivity contribution in [1.82, 2.24) is 5.32 Å². The van der Waals surface area contributed by atoms with Gasteiger partial charge in [-0.15, -0.1) is 0 Å². The number of hydrogen-bond donors (Lipinski definition) is 1. The highest BCUT2D eigenvalue weighted by atomic mass is 19.1. The molecule has 0 aliphatic heterocycles. The molecule has 1 aliphatic carbocycles. The molecule has 0 saturated heterocycles. The molecule has 1 fully saturated rings. The summed E-state index contributed by atoms with van der Waals surface area (Å²) in [7, 11) is 0. The Morgan fingerprint density at radius 1 is 1.20 bits per heavy atom. The van der Waals surface area contributed by atoms with Crippen LogP contribution in [0, 0.1) is 18.7 Å². The van der Waals surface area contributed by atoms with E-state index < -0.39 is 0 Å². The van der Waals surface area contributed by atoms with Gasteiger partial charge in [-0.05, 0) is 43.0 Å². The summed E-state index contributed by atoms with van der Waals surface area (Å²) in [4.78, 5) is 0. The van der Waals surface area contributed by atoms with E-state index in [1.165, 1.54) is 38.5 Å². The standard InChI is InChI=1S/C18H28FN/c1-3-20-18(12-15-8-6-4-5-7-9-15)16-11-10-14(2)17(19)13-16/h10-11,13,15,18,20H,3-9,12H2,1-2H3. The van der Waals surface area contributed by atoms with E-state index >= 15 is 0 Å². The molecule has 1 atom stereocenters. The number of rotatable bonds is 5. The Morgan fingerprint density at radius 3 is 2.50 bits per heavy atom. The molecule has 0 heterocycles. The van der Waals surface area contributed by atoms with Crippen LogP contribution in [-0.2, 0) is 0 Å². The average molecular weight is 277 g/mol. The molecule has 2 rings (SSSR count). The van der Waals surface area contributed by atoms with Crippen molar-refractivity contribution >= 4 is 0 Å². The average Bonchev–Trinajstić information content (AvgIpc) is 2.70. The van der Waals surface area contributed by atoms with Gasteiger partial charge in [0.05, 0.1) is 0 Å². The van der Waals surface area contributed by atoms with E-state index in [0.717, 1.165) is 30.0 Å². The van der Waals surface area contributed by atoms with Gasteiger partial charge in [0, 0.05) is 6.04 Å². The molecular weight excluding hydrogens is 249 g/mol. The Morgan fingerprint density at radius 2 is 1.90 bits per heavy atom. The minimum absolute atomic E-state index is 0.0775. The highest BCUT2D eigenvalue weighted by Gasteiger charge is 2.19. The van der Waals surface area contributed by atoms with E-state index in [1.54, 1.807) is 6.07 Å². The maximum absolute atomic E-state index is 13.8. The first kappa shape index (κ1) is 15.5. The lowest BCUT2D eigenvalue weighted by Crippen LogP contribution is -2.23. The second kappa shape index (κ2) is 7.78. The van der Waals surface area contributed by atoms with Crippen LogP contribution in [0.5, 0.6) is 0 Å². The zero-order valence-electron chi connectivity index (χ0n) is 12.9. The summed E-state index contributed by atoms with van der Waals surface area (Å²) in [5, 5.41) is 3.55. The maximum atomic E-state index is 13.8. The fraction of sp³-hybridized carbons (Fsp3) is 0.667. The van der Waals surface area contributed by atoms with Crippen molar-refractivity contribution in [3.05, 3.63) is 35.1 Å². The summed E-state index contributed by atoms with van der Waals surface area (Å²) < 4.78 is 13.8. The second-order valence-electron chi connectivity index (χ2n) is 6.21. The van der Waals surface area contributed by atoms with Gasteiger partial charge in [-0.1, -0.05) is 57.6 Å². The maximum Gasteiger partial charge on any atom is 0.126 e. The van der Waals surface area contributed by atoms with Crippen molar-refractivity contribution in [1.29, 1.82) is 0 Å². The van der Waals surface area contributed by atoms with Gasteiger partial charge in [0.25, 0.3) is 0 Å². The Labute approximate surface area is 123 Å². The topological polar surface area (TPSA) is 12.0 Å². The minimum Gasteiger partial charge on any atom is -0.310 e. The van der Waals surface area contributed by atoms with Crippen LogP contribution in [0.2, 0.25) is 0 Å². The van der Waals surface area contributed by atoms with Crippen LogP contribution in [0.3, 0.4) is 0 Å². The molecule has 1 aromatic rings. The quantitative estimate of drug-likeness (QED) is 0.734. The SMILES string of the molecule is CCNC(CC1CCCCCC1)c1ccc(C)c(F)c1. The molecule has 1 aromatic carbocycles. The first-order chi connectivity index (χ1) is 9.70. The smallest absolute Gasteiger partial charge is 0.126 e. The van der Waals surface area contributed by atoms with E-state index in [2.05, 4.69) is 18.3 Å². The fourth-order valence-electron chi connectivity index (χ4n) is 3.34. The van der Waals surface area contributed by atoms with Gasteiger partial charge in [0.1, 0.15) is 5.82 Å². The lowest BCUT2D eigenvalue weighted by atomic mass is 9.89. The van der Waals surface area contributed by atoms with Crippen molar-refractivity contribution in [2.75, 3.05) is 6.54 Å². The van der Waals surface area contributed by atoms with Crippen molar-refractivity contribution in [2.24, 2.45) is 5.92 Å². The van der Waals surface area contributed by atoms with E-state index in [9.17, 15) is 4.39 Å².